The highest BCUT2D eigenvalue weighted by molar-refractivity contribution is 6.30. The van der Waals surface area contributed by atoms with Crippen LogP contribution in [0, 0.1) is 6.92 Å². The average Bonchev–Trinajstić information content (AvgIpc) is 2.89. The first kappa shape index (κ1) is 17.2. The molecule has 4 rings (SSSR count). The van der Waals surface area contributed by atoms with Gasteiger partial charge in [0.2, 0.25) is 5.91 Å². The lowest BCUT2D eigenvalue weighted by Crippen LogP contribution is -2.43. The number of carbonyl (C=O) groups excluding carboxylic acids is 1. The van der Waals surface area contributed by atoms with Crippen molar-refractivity contribution in [3.8, 4) is 0 Å². The van der Waals surface area contributed by atoms with Gasteiger partial charge in [0.1, 0.15) is 6.04 Å². The number of pyridine rings is 1. The number of nitrogens with one attached hydrogen (secondary N) is 1. The summed E-state index contributed by atoms with van der Waals surface area (Å²) in [7, 11) is 0. The topological polar surface area (TPSA) is 48.5 Å². The molecule has 3 heterocycles. The molecule has 1 amide bonds. The van der Waals surface area contributed by atoms with E-state index >= 15 is 0 Å². The van der Waals surface area contributed by atoms with E-state index in [0.717, 1.165) is 54.6 Å². The standard InChI is InChI=1S/C20H23ClN4O/c1-14-11-17(5-6-22-14)24-7-2-8-25(10-9-24)20(26)19-13-15-12-16(21)3-4-18(15)23-19/h3-6,11-12,19,23H,2,7-10,13H2,1H3/t19-/m0/s1. The predicted octanol–water partition coefficient (Wildman–Crippen LogP) is 3.12. The summed E-state index contributed by atoms with van der Waals surface area (Å²) in [6.45, 7) is 5.36. The van der Waals surface area contributed by atoms with Crippen molar-refractivity contribution in [2.45, 2.75) is 25.8 Å². The molecule has 1 aromatic carbocycles. The molecule has 0 saturated carbocycles. The lowest BCUT2D eigenvalue weighted by atomic mass is 10.1. The summed E-state index contributed by atoms with van der Waals surface area (Å²) in [4.78, 5) is 21.6. The second kappa shape index (κ2) is 7.16. The van der Waals surface area contributed by atoms with E-state index < -0.39 is 0 Å². The molecule has 2 aliphatic heterocycles. The van der Waals surface area contributed by atoms with Gasteiger partial charge in [0.25, 0.3) is 0 Å². The van der Waals surface area contributed by atoms with Gasteiger partial charge in [-0.15, -0.1) is 0 Å². The number of aromatic nitrogens is 1. The first-order valence-electron chi connectivity index (χ1n) is 9.11. The van der Waals surface area contributed by atoms with Crippen LogP contribution in [0.3, 0.4) is 0 Å². The summed E-state index contributed by atoms with van der Waals surface area (Å²) in [6, 6.07) is 9.74. The SMILES string of the molecule is Cc1cc(N2CCCN(C(=O)[C@@H]3Cc4cc(Cl)ccc4N3)CC2)ccn1. The van der Waals surface area contributed by atoms with Crippen LogP contribution in [0.1, 0.15) is 17.7 Å². The second-order valence-corrected chi connectivity index (χ2v) is 7.46. The van der Waals surface area contributed by atoms with Crippen molar-refractivity contribution >= 4 is 28.9 Å². The molecule has 5 nitrogen and oxygen atoms in total. The van der Waals surface area contributed by atoms with Gasteiger partial charge in [-0.2, -0.15) is 0 Å². The Hall–Kier alpha value is -2.27. The summed E-state index contributed by atoms with van der Waals surface area (Å²) >= 11 is 6.07. The maximum absolute atomic E-state index is 13.0. The van der Waals surface area contributed by atoms with Crippen LogP contribution < -0.4 is 10.2 Å². The molecule has 1 N–H and O–H groups in total. The molecule has 136 valence electrons. The monoisotopic (exact) mass is 370 g/mol. The van der Waals surface area contributed by atoms with E-state index in [0.29, 0.717) is 6.42 Å². The van der Waals surface area contributed by atoms with E-state index in [1.807, 2.05) is 42.3 Å². The molecule has 0 radical (unpaired) electrons. The summed E-state index contributed by atoms with van der Waals surface area (Å²) in [5.74, 6) is 0.185. The minimum atomic E-state index is -0.182. The van der Waals surface area contributed by atoms with Gasteiger partial charge < -0.3 is 15.1 Å². The Balaban J connectivity index is 1.41. The number of amides is 1. The Bertz CT molecular complexity index is 825. The van der Waals surface area contributed by atoms with Crippen LogP contribution in [-0.2, 0) is 11.2 Å². The smallest absolute Gasteiger partial charge is 0.245 e. The van der Waals surface area contributed by atoms with Gasteiger partial charge in [-0.3, -0.25) is 9.78 Å². The van der Waals surface area contributed by atoms with Crippen molar-refractivity contribution in [1.82, 2.24) is 9.88 Å². The number of halogens is 1. The molecule has 2 aromatic rings. The quantitative estimate of drug-likeness (QED) is 0.882. The number of hydrogen-bond acceptors (Lipinski definition) is 4. The Kier molecular flexibility index (Phi) is 4.72. The maximum atomic E-state index is 13.0. The van der Waals surface area contributed by atoms with E-state index in [-0.39, 0.29) is 11.9 Å². The highest BCUT2D eigenvalue weighted by Gasteiger charge is 2.31. The molecule has 1 atom stereocenters. The Morgan fingerprint density at radius 1 is 1.19 bits per heavy atom. The fourth-order valence-electron chi connectivity index (χ4n) is 3.82. The van der Waals surface area contributed by atoms with Crippen LogP contribution in [0.4, 0.5) is 11.4 Å². The molecule has 6 heteroatoms. The Morgan fingerprint density at radius 2 is 2.08 bits per heavy atom. The lowest BCUT2D eigenvalue weighted by molar-refractivity contribution is -0.131. The number of hydrogen-bond donors (Lipinski definition) is 1. The lowest BCUT2D eigenvalue weighted by Gasteiger charge is -2.25. The van der Waals surface area contributed by atoms with E-state index in [9.17, 15) is 4.79 Å². The van der Waals surface area contributed by atoms with Gasteiger partial charge in [-0.25, -0.2) is 0 Å². The van der Waals surface area contributed by atoms with Gasteiger partial charge in [-0.05, 0) is 49.2 Å². The van der Waals surface area contributed by atoms with Crippen molar-refractivity contribution in [2.24, 2.45) is 0 Å². The van der Waals surface area contributed by atoms with Crippen molar-refractivity contribution in [1.29, 1.82) is 0 Å². The van der Waals surface area contributed by atoms with Crippen LogP contribution in [-0.4, -0.2) is 48.0 Å². The largest absolute Gasteiger partial charge is 0.373 e. The van der Waals surface area contributed by atoms with Gasteiger partial charge in [-0.1, -0.05) is 11.6 Å². The molecule has 26 heavy (non-hydrogen) atoms. The molecule has 1 saturated heterocycles. The number of aryl methyl sites for hydroxylation is 1. The fourth-order valence-corrected chi connectivity index (χ4v) is 4.02. The minimum absolute atomic E-state index is 0.182. The molecule has 0 bridgehead atoms. The van der Waals surface area contributed by atoms with Crippen molar-refractivity contribution in [3.63, 3.8) is 0 Å². The van der Waals surface area contributed by atoms with Crippen LogP contribution in [0.2, 0.25) is 5.02 Å². The Morgan fingerprint density at radius 3 is 2.92 bits per heavy atom. The fraction of sp³-hybridized carbons (Fsp3) is 0.400. The van der Waals surface area contributed by atoms with Crippen molar-refractivity contribution < 1.29 is 4.79 Å². The highest BCUT2D eigenvalue weighted by Crippen LogP contribution is 2.29. The number of fused-ring (bicyclic) bond motifs is 1. The third-order valence-electron chi connectivity index (χ3n) is 5.17. The van der Waals surface area contributed by atoms with Gasteiger partial charge in [0.15, 0.2) is 0 Å². The van der Waals surface area contributed by atoms with Crippen LogP contribution in [0.25, 0.3) is 0 Å². The minimum Gasteiger partial charge on any atom is -0.373 e. The number of benzene rings is 1. The van der Waals surface area contributed by atoms with E-state index in [4.69, 9.17) is 11.6 Å². The molecule has 2 aliphatic rings. The van der Waals surface area contributed by atoms with Gasteiger partial charge in [0, 0.05) is 60.9 Å². The molecule has 0 aliphatic carbocycles. The zero-order chi connectivity index (χ0) is 18.1. The summed E-state index contributed by atoms with van der Waals surface area (Å²) < 4.78 is 0. The summed E-state index contributed by atoms with van der Waals surface area (Å²) in [6.07, 6.45) is 3.53. The van der Waals surface area contributed by atoms with E-state index in [1.54, 1.807) is 0 Å². The van der Waals surface area contributed by atoms with Crippen molar-refractivity contribution in [3.05, 3.63) is 52.8 Å². The number of nitrogens with zero attached hydrogens (tertiary/aromatic N) is 3. The number of rotatable bonds is 2. The molecular weight excluding hydrogens is 348 g/mol. The first-order chi connectivity index (χ1) is 12.6. The number of carbonyl (C=O) groups is 1. The molecule has 0 unspecified atom stereocenters. The zero-order valence-electron chi connectivity index (χ0n) is 14.9. The van der Waals surface area contributed by atoms with Crippen LogP contribution in [0.5, 0.6) is 0 Å². The highest BCUT2D eigenvalue weighted by atomic mass is 35.5. The third-order valence-corrected chi connectivity index (χ3v) is 5.41. The number of anilines is 2. The summed E-state index contributed by atoms with van der Waals surface area (Å²) in [5, 5.41) is 4.08. The van der Waals surface area contributed by atoms with Gasteiger partial charge >= 0.3 is 0 Å². The summed E-state index contributed by atoms with van der Waals surface area (Å²) in [5.41, 5.74) is 4.36. The molecule has 1 aromatic heterocycles. The van der Waals surface area contributed by atoms with Gasteiger partial charge in [0.05, 0.1) is 0 Å². The second-order valence-electron chi connectivity index (χ2n) is 7.02. The maximum Gasteiger partial charge on any atom is 0.245 e. The molecule has 1 fully saturated rings. The van der Waals surface area contributed by atoms with Crippen LogP contribution in [0.15, 0.2) is 36.5 Å². The normalized spacial score (nSPS) is 19.7. The van der Waals surface area contributed by atoms with E-state index in [1.165, 1.54) is 5.69 Å². The Labute approximate surface area is 159 Å². The third kappa shape index (κ3) is 3.49. The molecular formula is C20H23ClN4O. The zero-order valence-corrected chi connectivity index (χ0v) is 15.7. The van der Waals surface area contributed by atoms with E-state index in [2.05, 4.69) is 21.3 Å². The predicted molar refractivity (Wildman–Crippen MR) is 105 cm³/mol. The first-order valence-corrected chi connectivity index (χ1v) is 9.49. The molecule has 0 spiro atoms. The van der Waals surface area contributed by atoms with Crippen molar-refractivity contribution in [2.75, 3.05) is 36.4 Å². The van der Waals surface area contributed by atoms with Crippen LogP contribution >= 0.6 is 11.6 Å². The average molecular weight is 371 g/mol.